The predicted octanol–water partition coefficient (Wildman–Crippen LogP) is 1.20. The SMILES string of the molecule is CCCN(C)[B]N(C)CCC. The largest absolute Gasteiger partial charge is 0.335 e. The zero-order valence-electron chi connectivity index (χ0n) is 8.30. The molecule has 0 unspecified atom stereocenters. The summed E-state index contributed by atoms with van der Waals surface area (Å²) in [6, 6.07) is 0. The average Bonchev–Trinajstić information content (AvgIpc) is 1.87. The van der Waals surface area contributed by atoms with Crippen LogP contribution in [0.2, 0.25) is 0 Å². The summed E-state index contributed by atoms with van der Waals surface area (Å²) in [7, 11) is 6.41. The van der Waals surface area contributed by atoms with Crippen molar-refractivity contribution in [3.05, 3.63) is 0 Å². The van der Waals surface area contributed by atoms with Crippen LogP contribution in [0.25, 0.3) is 0 Å². The molecular weight excluding hydrogens is 135 g/mol. The molecule has 1 radical (unpaired) electrons. The lowest BCUT2D eigenvalue weighted by atomic mass is 10.1. The van der Waals surface area contributed by atoms with Gasteiger partial charge in [-0.1, -0.05) is 13.8 Å². The summed E-state index contributed by atoms with van der Waals surface area (Å²) >= 11 is 0. The van der Waals surface area contributed by atoms with Gasteiger partial charge in [-0.15, -0.1) is 0 Å². The minimum atomic E-state index is 1.15. The van der Waals surface area contributed by atoms with Crippen LogP contribution in [-0.4, -0.2) is 44.4 Å². The summed E-state index contributed by atoms with van der Waals surface area (Å²) in [6.07, 6.45) is 2.43. The third-order valence-corrected chi connectivity index (χ3v) is 1.55. The molecule has 0 N–H and O–H groups in total. The second-order valence-corrected chi connectivity index (χ2v) is 3.08. The van der Waals surface area contributed by atoms with Crippen LogP contribution >= 0.6 is 0 Å². The summed E-state index contributed by atoms with van der Waals surface area (Å²) in [6.45, 7) is 6.69. The third kappa shape index (κ3) is 6.39. The zero-order chi connectivity index (χ0) is 8.69. The summed E-state index contributed by atoms with van der Waals surface area (Å²) in [5, 5.41) is 0. The molecule has 0 amide bonds. The zero-order valence-corrected chi connectivity index (χ0v) is 8.30. The quantitative estimate of drug-likeness (QED) is 0.532. The number of hydrogen-bond donors (Lipinski definition) is 0. The second kappa shape index (κ2) is 6.68. The first-order chi connectivity index (χ1) is 5.20. The van der Waals surface area contributed by atoms with E-state index in [0.29, 0.717) is 0 Å². The molecule has 0 bridgehead atoms. The predicted molar refractivity (Wildman–Crippen MR) is 51.6 cm³/mol. The van der Waals surface area contributed by atoms with Crippen LogP contribution in [0.3, 0.4) is 0 Å². The van der Waals surface area contributed by atoms with E-state index >= 15 is 0 Å². The molecule has 0 aliphatic heterocycles. The lowest BCUT2D eigenvalue weighted by Gasteiger charge is -2.21. The molecule has 0 saturated carbocycles. The van der Waals surface area contributed by atoms with E-state index in [-0.39, 0.29) is 0 Å². The van der Waals surface area contributed by atoms with Crippen molar-refractivity contribution in [3.63, 3.8) is 0 Å². The first-order valence-corrected chi connectivity index (χ1v) is 4.46. The van der Waals surface area contributed by atoms with Crippen LogP contribution in [0.4, 0.5) is 0 Å². The Morgan fingerprint density at radius 2 is 1.27 bits per heavy atom. The minimum Gasteiger partial charge on any atom is -0.335 e. The lowest BCUT2D eigenvalue weighted by molar-refractivity contribution is 0.438. The van der Waals surface area contributed by atoms with Gasteiger partial charge in [-0.2, -0.15) is 0 Å². The molecule has 0 heterocycles. The smallest absolute Gasteiger partial charge is 0.312 e. The summed E-state index contributed by atoms with van der Waals surface area (Å²) in [5.41, 5.74) is 0. The highest BCUT2D eigenvalue weighted by Gasteiger charge is 2.03. The fourth-order valence-electron chi connectivity index (χ4n) is 1.16. The molecule has 2 nitrogen and oxygen atoms in total. The lowest BCUT2D eigenvalue weighted by Crippen LogP contribution is -2.37. The van der Waals surface area contributed by atoms with E-state index < -0.39 is 0 Å². The molecule has 65 valence electrons. The van der Waals surface area contributed by atoms with E-state index in [0.717, 1.165) is 13.1 Å². The van der Waals surface area contributed by atoms with Gasteiger partial charge in [0.1, 0.15) is 0 Å². The highest BCUT2D eigenvalue weighted by atomic mass is 15.2. The maximum atomic E-state index is 2.23. The Morgan fingerprint density at radius 3 is 1.55 bits per heavy atom. The van der Waals surface area contributed by atoms with Gasteiger partial charge in [0.15, 0.2) is 0 Å². The molecule has 0 aromatic carbocycles. The molecule has 0 spiro atoms. The van der Waals surface area contributed by atoms with Gasteiger partial charge >= 0.3 is 7.55 Å². The van der Waals surface area contributed by atoms with E-state index in [1.165, 1.54) is 12.8 Å². The number of hydrogen-bond acceptors (Lipinski definition) is 2. The topological polar surface area (TPSA) is 6.48 Å². The van der Waals surface area contributed by atoms with Gasteiger partial charge in [-0.3, -0.25) is 0 Å². The van der Waals surface area contributed by atoms with E-state index in [4.69, 9.17) is 0 Å². The van der Waals surface area contributed by atoms with Gasteiger partial charge in [0.25, 0.3) is 0 Å². The minimum absolute atomic E-state index is 1.15. The third-order valence-electron chi connectivity index (χ3n) is 1.55. The molecule has 0 aromatic heterocycles. The normalized spacial score (nSPS) is 11.1. The standard InChI is InChI=1S/C8H20BN2/c1-5-7-10(3)9-11(4)8-6-2/h5-8H2,1-4H3. The van der Waals surface area contributed by atoms with Crippen LogP contribution in [0.1, 0.15) is 26.7 Å². The maximum Gasteiger partial charge on any atom is 0.312 e. The number of rotatable bonds is 6. The van der Waals surface area contributed by atoms with E-state index in [1.54, 1.807) is 0 Å². The van der Waals surface area contributed by atoms with Crippen molar-refractivity contribution in [2.75, 3.05) is 27.2 Å². The van der Waals surface area contributed by atoms with Crippen molar-refractivity contribution in [1.29, 1.82) is 0 Å². The molecule has 0 aromatic rings. The van der Waals surface area contributed by atoms with Crippen LogP contribution < -0.4 is 0 Å². The molecule has 0 saturated heterocycles. The molecule has 0 fully saturated rings. The van der Waals surface area contributed by atoms with Crippen molar-refractivity contribution in [2.24, 2.45) is 0 Å². The van der Waals surface area contributed by atoms with Crippen molar-refractivity contribution in [3.8, 4) is 0 Å². The fraction of sp³-hybridized carbons (Fsp3) is 1.00. The molecule has 0 aliphatic carbocycles. The first-order valence-electron chi connectivity index (χ1n) is 4.46. The molecular formula is C8H20BN2. The van der Waals surface area contributed by atoms with Crippen LogP contribution in [0.15, 0.2) is 0 Å². The Kier molecular flexibility index (Phi) is 6.67. The van der Waals surface area contributed by atoms with Crippen LogP contribution in [0, 0.1) is 0 Å². The van der Waals surface area contributed by atoms with Crippen molar-refractivity contribution >= 4 is 7.55 Å². The van der Waals surface area contributed by atoms with Gasteiger partial charge in [0, 0.05) is 0 Å². The summed E-state index contributed by atoms with van der Waals surface area (Å²) < 4.78 is 0. The van der Waals surface area contributed by atoms with E-state index in [9.17, 15) is 0 Å². The molecule has 3 heteroatoms. The Balaban J connectivity index is 3.32. The van der Waals surface area contributed by atoms with Gasteiger partial charge in [0.05, 0.1) is 0 Å². The summed E-state index contributed by atoms with van der Waals surface area (Å²) in [5.74, 6) is 0. The molecule has 0 atom stereocenters. The van der Waals surface area contributed by atoms with Gasteiger partial charge in [-0.05, 0) is 40.0 Å². The highest BCUT2D eigenvalue weighted by molar-refractivity contribution is 6.28. The number of nitrogens with zero attached hydrogens (tertiary/aromatic N) is 2. The van der Waals surface area contributed by atoms with Crippen LogP contribution in [0.5, 0.6) is 0 Å². The Labute approximate surface area is 71.8 Å². The second-order valence-electron chi connectivity index (χ2n) is 3.08. The van der Waals surface area contributed by atoms with Gasteiger partial charge < -0.3 is 9.62 Å². The Morgan fingerprint density at radius 1 is 0.909 bits per heavy atom. The average molecular weight is 155 g/mol. The molecule has 11 heavy (non-hydrogen) atoms. The monoisotopic (exact) mass is 155 g/mol. The van der Waals surface area contributed by atoms with Crippen LogP contribution in [-0.2, 0) is 0 Å². The van der Waals surface area contributed by atoms with Crippen molar-refractivity contribution in [1.82, 2.24) is 9.62 Å². The summed E-state index contributed by atoms with van der Waals surface area (Å²) in [4.78, 5) is 4.46. The maximum absolute atomic E-state index is 2.23. The van der Waals surface area contributed by atoms with E-state index in [2.05, 4.69) is 45.1 Å². The highest BCUT2D eigenvalue weighted by Crippen LogP contribution is 1.88. The fourth-order valence-corrected chi connectivity index (χ4v) is 1.16. The molecule has 0 rings (SSSR count). The Bertz CT molecular complexity index is 78.2. The van der Waals surface area contributed by atoms with E-state index in [1.807, 2.05) is 0 Å². The Hall–Kier alpha value is -0.0151. The van der Waals surface area contributed by atoms with Crippen molar-refractivity contribution < 1.29 is 0 Å². The van der Waals surface area contributed by atoms with Gasteiger partial charge in [0.2, 0.25) is 0 Å². The molecule has 0 aliphatic rings. The van der Waals surface area contributed by atoms with Gasteiger partial charge in [-0.25, -0.2) is 0 Å². The first kappa shape index (κ1) is 11.0. The van der Waals surface area contributed by atoms with Crippen molar-refractivity contribution in [2.45, 2.75) is 26.7 Å².